The van der Waals surface area contributed by atoms with Crippen LogP contribution in [0.15, 0.2) is 65.3 Å². The van der Waals surface area contributed by atoms with Crippen LogP contribution in [0.1, 0.15) is 61.1 Å². The van der Waals surface area contributed by atoms with Crippen molar-refractivity contribution in [1.29, 1.82) is 0 Å². The van der Waals surface area contributed by atoms with Gasteiger partial charge in [-0.15, -0.1) is 0 Å². The third kappa shape index (κ3) is 11.9. The van der Waals surface area contributed by atoms with E-state index in [9.17, 15) is 39.0 Å². The van der Waals surface area contributed by atoms with Gasteiger partial charge < -0.3 is 30.0 Å². The highest BCUT2D eigenvalue weighted by Gasteiger charge is 2.32. The van der Waals surface area contributed by atoms with Crippen LogP contribution in [0.5, 0.6) is 0 Å². The van der Waals surface area contributed by atoms with Crippen molar-refractivity contribution in [2.24, 2.45) is 0 Å². The molecule has 12 heteroatoms. The molecule has 0 fully saturated rings. The largest absolute Gasteiger partial charge is 0.481 e. The van der Waals surface area contributed by atoms with Crippen molar-refractivity contribution >= 4 is 35.5 Å². The van der Waals surface area contributed by atoms with Gasteiger partial charge >= 0.3 is 17.9 Å². The Morgan fingerprint density at radius 2 is 1.51 bits per heavy atom. The van der Waals surface area contributed by atoms with Gasteiger partial charge in [0.2, 0.25) is 17.6 Å². The van der Waals surface area contributed by atoms with E-state index in [1.165, 1.54) is 18.4 Å². The molecule has 0 bridgehead atoms. The van der Waals surface area contributed by atoms with Crippen LogP contribution < -0.4 is 5.32 Å². The highest BCUT2D eigenvalue weighted by atomic mass is 16.4. The third-order valence-corrected chi connectivity index (χ3v) is 6.20. The number of hydrogen-bond donors (Lipinski definition) is 4. The molecule has 41 heavy (non-hydrogen) atoms. The number of carbonyl (C=O) groups is 6. The van der Waals surface area contributed by atoms with E-state index in [0.29, 0.717) is 12.8 Å². The van der Waals surface area contributed by atoms with E-state index >= 15 is 0 Å². The normalized spacial score (nSPS) is 12.4. The lowest BCUT2D eigenvalue weighted by molar-refractivity contribution is -0.146. The predicted molar refractivity (Wildman–Crippen MR) is 145 cm³/mol. The molecule has 2 aromatic rings. The summed E-state index contributed by atoms with van der Waals surface area (Å²) in [6.07, 6.45) is 4.12. The Morgan fingerprint density at radius 1 is 0.829 bits per heavy atom. The summed E-state index contributed by atoms with van der Waals surface area (Å²) in [7, 11) is 0. The first-order valence-electron chi connectivity index (χ1n) is 13.2. The van der Waals surface area contributed by atoms with Crippen molar-refractivity contribution in [3.63, 3.8) is 0 Å². The average Bonchev–Trinajstić information content (AvgIpc) is 3.48. The standard InChI is InChI=1S/C29H34N2O10/c32-23(24-11-7-19-41-24)14-15-25(33)31(18-6-2-5-10-20-8-3-1-4-9-20)22(13-17-27(36)37)28(38)30-21(29(39)40)12-16-26(34)35/h1,3-4,7-9,11,14-15,19,21-22H,2,5-6,10,12-13,16-18H2,(H,30,38)(H,34,35)(H,36,37)(H,39,40)/t21-,22-/m0/s1. The molecule has 4 N–H and O–H groups in total. The topological polar surface area (TPSA) is 192 Å². The Bertz CT molecular complexity index is 1210. The number of furan rings is 1. The summed E-state index contributed by atoms with van der Waals surface area (Å²) in [5, 5.41) is 29.9. The van der Waals surface area contributed by atoms with Crippen LogP contribution in [0.4, 0.5) is 0 Å². The molecule has 0 spiro atoms. The first kappa shape index (κ1) is 32.5. The number of rotatable bonds is 19. The predicted octanol–water partition coefficient (Wildman–Crippen LogP) is 2.93. The third-order valence-electron chi connectivity index (χ3n) is 6.20. The minimum Gasteiger partial charge on any atom is -0.481 e. The molecule has 0 unspecified atom stereocenters. The number of benzene rings is 1. The maximum atomic E-state index is 13.3. The van der Waals surface area contributed by atoms with Crippen LogP contribution in [0.2, 0.25) is 0 Å². The molecule has 2 amide bonds. The van der Waals surface area contributed by atoms with Crippen molar-refractivity contribution in [2.45, 2.75) is 63.5 Å². The van der Waals surface area contributed by atoms with Gasteiger partial charge in [0.15, 0.2) is 5.76 Å². The fraction of sp³-hybridized carbons (Fsp3) is 0.379. The number of amides is 2. The lowest BCUT2D eigenvalue weighted by atomic mass is 10.0. The molecule has 1 aromatic heterocycles. The summed E-state index contributed by atoms with van der Waals surface area (Å²) in [4.78, 5) is 73.9. The molecule has 0 aliphatic rings. The fourth-order valence-electron chi connectivity index (χ4n) is 4.08. The second kappa shape index (κ2) is 17.1. The molecule has 2 atom stereocenters. The van der Waals surface area contributed by atoms with Crippen molar-refractivity contribution in [3.8, 4) is 0 Å². The van der Waals surface area contributed by atoms with Gasteiger partial charge in [0.1, 0.15) is 12.1 Å². The molecule has 0 saturated carbocycles. The van der Waals surface area contributed by atoms with Crippen molar-refractivity contribution < 1.29 is 48.5 Å². The molecule has 220 valence electrons. The number of aryl methyl sites for hydroxylation is 1. The van der Waals surface area contributed by atoms with Gasteiger partial charge in [-0.1, -0.05) is 36.8 Å². The lowest BCUT2D eigenvalue weighted by Crippen LogP contribution is -2.53. The average molecular weight is 571 g/mol. The fourth-order valence-corrected chi connectivity index (χ4v) is 4.08. The number of aliphatic carboxylic acids is 3. The van der Waals surface area contributed by atoms with Crippen LogP contribution in [-0.2, 0) is 30.4 Å². The van der Waals surface area contributed by atoms with Crippen molar-refractivity contribution in [2.75, 3.05) is 6.54 Å². The molecular formula is C29H34N2O10. The molecule has 2 rings (SSSR count). The maximum absolute atomic E-state index is 13.3. The van der Waals surface area contributed by atoms with E-state index in [1.807, 2.05) is 30.3 Å². The first-order valence-corrected chi connectivity index (χ1v) is 13.2. The van der Waals surface area contributed by atoms with E-state index in [4.69, 9.17) is 9.52 Å². The number of nitrogens with one attached hydrogen (secondary N) is 1. The smallest absolute Gasteiger partial charge is 0.326 e. The zero-order chi connectivity index (χ0) is 30.2. The summed E-state index contributed by atoms with van der Waals surface area (Å²) >= 11 is 0. The number of carbonyl (C=O) groups excluding carboxylic acids is 3. The summed E-state index contributed by atoms with van der Waals surface area (Å²) in [6, 6.07) is 9.71. The zero-order valence-electron chi connectivity index (χ0n) is 22.4. The summed E-state index contributed by atoms with van der Waals surface area (Å²) in [6.45, 7) is 0.0253. The van der Waals surface area contributed by atoms with Crippen LogP contribution >= 0.6 is 0 Å². The summed E-state index contributed by atoms with van der Waals surface area (Å²) < 4.78 is 5.02. The minimum atomic E-state index is -1.56. The second-order valence-corrected chi connectivity index (χ2v) is 9.28. The van der Waals surface area contributed by atoms with E-state index in [0.717, 1.165) is 35.5 Å². The monoisotopic (exact) mass is 570 g/mol. The number of unbranched alkanes of at least 4 members (excludes halogenated alkanes) is 2. The first-order chi connectivity index (χ1) is 19.6. The van der Waals surface area contributed by atoms with Gasteiger partial charge in [-0.3, -0.25) is 24.0 Å². The Labute approximate surface area is 236 Å². The number of allylic oxidation sites excluding steroid dienone is 1. The number of ketones is 1. The Kier molecular flexibility index (Phi) is 13.5. The zero-order valence-corrected chi connectivity index (χ0v) is 22.4. The van der Waals surface area contributed by atoms with Crippen LogP contribution in [0, 0.1) is 0 Å². The molecule has 0 radical (unpaired) electrons. The quantitative estimate of drug-likeness (QED) is 0.111. The summed E-state index contributed by atoms with van der Waals surface area (Å²) in [5.74, 6) is -6.27. The molecule has 0 saturated heterocycles. The maximum Gasteiger partial charge on any atom is 0.326 e. The molecule has 0 aliphatic carbocycles. The van der Waals surface area contributed by atoms with Gasteiger partial charge in [0, 0.05) is 25.5 Å². The van der Waals surface area contributed by atoms with E-state index < -0.39 is 66.9 Å². The molecule has 1 heterocycles. The van der Waals surface area contributed by atoms with Crippen LogP contribution in [-0.4, -0.2) is 74.4 Å². The van der Waals surface area contributed by atoms with E-state index in [-0.39, 0.29) is 18.7 Å². The summed E-state index contributed by atoms with van der Waals surface area (Å²) in [5.41, 5.74) is 1.14. The highest BCUT2D eigenvalue weighted by molar-refractivity contribution is 6.06. The van der Waals surface area contributed by atoms with Crippen molar-refractivity contribution in [3.05, 3.63) is 72.2 Å². The Hall–Kier alpha value is -4.74. The van der Waals surface area contributed by atoms with Gasteiger partial charge in [-0.05, 0) is 55.9 Å². The molecule has 0 aliphatic heterocycles. The van der Waals surface area contributed by atoms with Crippen molar-refractivity contribution in [1.82, 2.24) is 10.2 Å². The number of carboxylic acids is 3. The SMILES string of the molecule is O=C(O)CC[C@H](NC(=O)[C@H](CCC(=O)O)N(CCCCCc1ccccc1)C(=O)C=CC(=O)c1ccco1)C(=O)O. The minimum absolute atomic E-state index is 0.00980. The number of carboxylic acid groups (broad SMARTS) is 3. The second-order valence-electron chi connectivity index (χ2n) is 9.28. The molecule has 1 aromatic carbocycles. The van der Waals surface area contributed by atoms with Crippen LogP contribution in [0.25, 0.3) is 0 Å². The Balaban J connectivity index is 2.23. The van der Waals surface area contributed by atoms with Gasteiger partial charge in [-0.25, -0.2) is 4.79 Å². The Morgan fingerprint density at radius 3 is 2.12 bits per heavy atom. The van der Waals surface area contributed by atoms with Crippen LogP contribution in [0.3, 0.4) is 0 Å². The van der Waals surface area contributed by atoms with E-state index in [2.05, 4.69) is 5.32 Å². The molecule has 12 nitrogen and oxygen atoms in total. The molecular weight excluding hydrogens is 536 g/mol. The number of hydrogen-bond acceptors (Lipinski definition) is 7. The highest BCUT2D eigenvalue weighted by Crippen LogP contribution is 2.15. The van der Waals surface area contributed by atoms with Gasteiger partial charge in [-0.2, -0.15) is 0 Å². The van der Waals surface area contributed by atoms with Gasteiger partial charge in [0.25, 0.3) is 0 Å². The number of nitrogens with zero attached hydrogens (tertiary/aromatic N) is 1. The van der Waals surface area contributed by atoms with Gasteiger partial charge in [0.05, 0.1) is 6.26 Å². The lowest BCUT2D eigenvalue weighted by Gasteiger charge is -2.31. The van der Waals surface area contributed by atoms with E-state index in [1.54, 1.807) is 0 Å².